The Kier molecular flexibility index (Phi) is 5.83. The number of fused-ring (bicyclic) bond motifs is 1. The Bertz CT molecular complexity index is 1430. The molecule has 0 aliphatic carbocycles. The Labute approximate surface area is 186 Å². The fraction of sp³-hybridized carbons (Fsp3) is 0.0833. The van der Waals surface area contributed by atoms with Crippen LogP contribution in [0.3, 0.4) is 0 Å². The molecule has 1 amide bonds. The second-order valence-corrected chi connectivity index (χ2v) is 7.75. The minimum Gasteiger partial charge on any atom is -0.455 e. The molecule has 8 heteroatoms. The first-order valence-electron chi connectivity index (χ1n) is 9.56. The first-order valence-corrected chi connectivity index (χ1v) is 10.4. The molecule has 0 saturated heterocycles. The summed E-state index contributed by atoms with van der Waals surface area (Å²) in [6.45, 7) is 1.11. The lowest BCUT2D eigenvalue weighted by atomic mass is 10.0. The van der Waals surface area contributed by atoms with Crippen LogP contribution in [0.4, 0.5) is 5.00 Å². The first kappa shape index (κ1) is 21.0. The summed E-state index contributed by atoms with van der Waals surface area (Å²) < 4.78 is 11.1. The summed E-state index contributed by atoms with van der Waals surface area (Å²) >= 11 is 1.19. The van der Waals surface area contributed by atoms with E-state index in [1.807, 2.05) is 36.4 Å². The highest BCUT2D eigenvalue weighted by atomic mass is 32.1. The fourth-order valence-electron chi connectivity index (χ4n) is 3.20. The van der Waals surface area contributed by atoms with Crippen LogP contribution in [0.2, 0.25) is 0 Å². The third-order valence-corrected chi connectivity index (χ3v) is 5.60. The number of anilines is 1. The average molecular weight is 444 g/mol. The maximum atomic E-state index is 12.9. The van der Waals surface area contributed by atoms with E-state index in [0.29, 0.717) is 27.5 Å². The zero-order valence-electron chi connectivity index (χ0n) is 16.9. The molecular weight excluding hydrogens is 428 g/mol. The smallest absolute Gasteiger partial charge is 0.342 e. The molecule has 7 nitrogen and oxygen atoms in total. The lowest BCUT2D eigenvalue weighted by Gasteiger charge is -2.10. The van der Waals surface area contributed by atoms with Crippen molar-refractivity contribution in [1.29, 1.82) is 5.26 Å². The Morgan fingerprint density at radius 2 is 1.91 bits per heavy atom. The second-order valence-electron chi connectivity index (χ2n) is 6.83. The Hall–Kier alpha value is -4.22. The standard InChI is InChI=1S/C24H16N2O5S/c1-14-20(28)17-8-5-9-18(22(17)31-21(14)15-6-3-2-4-7-15)24(29)30-13-19(27)26-23-16(12-25)10-11-32-23/h2-11H,13H2,1H3,(H,26,27). The highest BCUT2D eigenvalue weighted by Gasteiger charge is 2.20. The number of nitriles is 1. The average Bonchev–Trinajstić information content (AvgIpc) is 3.27. The Morgan fingerprint density at radius 1 is 1.12 bits per heavy atom. The van der Waals surface area contributed by atoms with E-state index in [0.717, 1.165) is 0 Å². The van der Waals surface area contributed by atoms with Crippen LogP contribution in [0.15, 0.2) is 69.2 Å². The molecule has 0 spiro atoms. The monoisotopic (exact) mass is 444 g/mol. The van der Waals surface area contributed by atoms with Gasteiger partial charge in [-0.2, -0.15) is 5.26 Å². The van der Waals surface area contributed by atoms with Crippen molar-refractivity contribution in [2.24, 2.45) is 0 Å². The van der Waals surface area contributed by atoms with E-state index in [2.05, 4.69) is 5.32 Å². The predicted octanol–water partition coefficient (Wildman–Crippen LogP) is 4.50. The largest absolute Gasteiger partial charge is 0.455 e. The molecule has 0 atom stereocenters. The van der Waals surface area contributed by atoms with Crippen molar-refractivity contribution >= 4 is 39.2 Å². The van der Waals surface area contributed by atoms with E-state index in [9.17, 15) is 14.4 Å². The van der Waals surface area contributed by atoms with Crippen molar-refractivity contribution in [2.45, 2.75) is 6.92 Å². The van der Waals surface area contributed by atoms with Crippen molar-refractivity contribution in [1.82, 2.24) is 0 Å². The molecule has 158 valence electrons. The molecule has 2 aromatic carbocycles. The van der Waals surface area contributed by atoms with Crippen LogP contribution >= 0.6 is 11.3 Å². The molecule has 0 radical (unpaired) electrons. The van der Waals surface area contributed by atoms with E-state index in [4.69, 9.17) is 14.4 Å². The summed E-state index contributed by atoms with van der Waals surface area (Å²) in [7, 11) is 0. The normalized spacial score (nSPS) is 10.5. The number of carbonyl (C=O) groups is 2. The number of hydrogen-bond donors (Lipinski definition) is 1. The third kappa shape index (κ3) is 4.02. The van der Waals surface area contributed by atoms with Gasteiger partial charge in [-0.3, -0.25) is 9.59 Å². The number of carbonyl (C=O) groups excluding carboxylic acids is 2. The molecular formula is C24H16N2O5S. The summed E-state index contributed by atoms with van der Waals surface area (Å²) in [6.07, 6.45) is 0. The van der Waals surface area contributed by atoms with Crippen LogP contribution in [0.5, 0.6) is 0 Å². The van der Waals surface area contributed by atoms with Crippen molar-refractivity contribution in [3.8, 4) is 17.4 Å². The SMILES string of the molecule is Cc1c(-c2ccccc2)oc2c(C(=O)OCC(=O)Nc3sccc3C#N)cccc2c1=O. The van der Waals surface area contributed by atoms with Gasteiger partial charge in [0.05, 0.1) is 10.9 Å². The van der Waals surface area contributed by atoms with Crippen molar-refractivity contribution in [2.75, 3.05) is 11.9 Å². The van der Waals surface area contributed by atoms with Gasteiger partial charge in [0.1, 0.15) is 22.4 Å². The molecule has 0 fully saturated rings. The van der Waals surface area contributed by atoms with Gasteiger partial charge in [0, 0.05) is 11.1 Å². The number of thiophene rings is 1. The number of hydrogen-bond acceptors (Lipinski definition) is 7. The number of nitrogens with zero attached hydrogens (tertiary/aromatic N) is 1. The van der Waals surface area contributed by atoms with Gasteiger partial charge in [-0.15, -0.1) is 11.3 Å². The van der Waals surface area contributed by atoms with Gasteiger partial charge >= 0.3 is 5.97 Å². The number of amides is 1. The second kappa shape index (κ2) is 8.88. The van der Waals surface area contributed by atoms with Crippen LogP contribution in [0.1, 0.15) is 21.5 Å². The van der Waals surface area contributed by atoms with E-state index >= 15 is 0 Å². The van der Waals surface area contributed by atoms with Crippen molar-refractivity contribution in [3.63, 3.8) is 0 Å². The fourth-order valence-corrected chi connectivity index (χ4v) is 3.95. The topological polar surface area (TPSA) is 109 Å². The first-order chi connectivity index (χ1) is 15.5. The number of esters is 1. The number of para-hydroxylation sites is 1. The molecule has 0 aliphatic heterocycles. The van der Waals surface area contributed by atoms with Crippen LogP contribution < -0.4 is 10.7 Å². The van der Waals surface area contributed by atoms with Gasteiger partial charge in [-0.25, -0.2) is 4.79 Å². The van der Waals surface area contributed by atoms with Crippen molar-refractivity contribution < 1.29 is 18.7 Å². The minimum absolute atomic E-state index is 0.0402. The third-order valence-electron chi connectivity index (χ3n) is 4.77. The number of benzene rings is 2. The molecule has 2 heterocycles. The molecule has 0 saturated carbocycles. The van der Waals surface area contributed by atoms with Gasteiger partial charge in [-0.05, 0) is 30.5 Å². The number of nitrogens with one attached hydrogen (secondary N) is 1. The summed E-state index contributed by atoms with van der Waals surface area (Å²) in [5, 5.41) is 13.9. The summed E-state index contributed by atoms with van der Waals surface area (Å²) in [5.74, 6) is -1.02. The van der Waals surface area contributed by atoms with Gasteiger partial charge in [-0.1, -0.05) is 36.4 Å². The molecule has 4 aromatic rings. The quantitative estimate of drug-likeness (QED) is 0.454. The number of rotatable bonds is 5. The molecule has 2 aromatic heterocycles. The van der Waals surface area contributed by atoms with E-state index < -0.39 is 18.5 Å². The molecule has 0 unspecified atom stereocenters. The number of ether oxygens (including phenoxy) is 1. The van der Waals surface area contributed by atoms with Gasteiger partial charge in [0.25, 0.3) is 5.91 Å². The van der Waals surface area contributed by atoms with E-state index in [1.54, 1.807) is 30.5 Å². The van der Waals surface area contributed by atoms with E-state index in [1.165, 1.54) is 17.4 Å². The summed E-state index contributed by atoms with van der Waals surface area (Å²) in [4.78, 5) is 37.8. The molecule has 4 rings (SSSR count). The van der Waals surface area contributed by atoms with Gasteiger partial charge < -0.3 is 14.5 Å². The highest BCUT2D eigenvalue weighted by Crippen LogP contribution is 2.27. The van der Waals surface area contributed by atoms with Crippen LogP contribution in [0.25, 0.3) is 22.3 Å². The Morgan fingerprint density at radius 3 is 2.66 bits per heavy atom. The predicted molar refractivity (Wildman–Crippen MR) is 121 cm³/mol. The van der Waals surface area contributed by atoms with Gasteiger partial charge in [0.2, 0.25) is 0 Å². The maximum absolute atomic E-state index is 12.9. The zero-order valence-corrected chi connectivity index (χ0v) is 17.7. The van der Waals surface area contributed by atoms with Crippen LogP contribution in [-0.2, 0) is 9.53 Å². The van der Waals surface area contributed by atoms with Gasteiger partial charge in [0.15, 0.2) is 17.6 Å². The van der Waals surface area contributed by atoms with Crippen LogP contribution in [0, 0.1) is 18.3 Å². The Balaban J connectivity index is 1.62. The van der Waals surface area contributed by atoms with E-state index in [-0.39, 0.29) is 22.0 Å². The lowest BCUT2D eigenvalue weighted by Crippen LogP contribution is -2.21. The lowest BCUT2D eigenvalue weighted by molar-refractivity contribution is -0.119. The molecule has 32 heavy (non-hydrogen) atoms. The summed E-state index contributed by atoms with van der Waals surface area (Å²) in [5.41, 5.74) is 1.35. The summed E-state index contributed by atoms with van der Waals surface area (Å²) in [6, 6.07) is 17.3. The van der Waals surface area contributed by atoms with Crippen molar-refractivity contribution in [3.05, 3.63) is 86.9 Å². The molecule has 1 N–H and O–H groups in total. The van der Waals surface area contributed by atoms with Crippen LogP contribution in [-0.4, -0.2) is 18.5 Å². The zero-order chi connectivity index (χ0) is 22.7. The maximum Gasteiger partial charge on any atom is 0.342 e. The minimum atomic E-state index is -0.802. The molecule has 0 aliphatic rings. The molecule has 0 bridgehead atoms. The highest BCUT2D eigenvalue weighted by molar-refractivity contribution is 7.14.